The molecule has 1 saturated heterocycles. The number of primary amides is 1. The van der Waals surface area contributed by atoms with Crippen molar-refractivity contribution < 1.29 is 57.8 Å². The van der Waals surface area contributed by atoms with E-state index in [2.05, 4.69) is 70.5 Å². The third-order valence-electron chi connectivity index (χ3n) is 14.7. The van der Waals surface area contributed by atoms with Crippen molar-refractivity contribution in [3.63, 3.8) is 0 Å². The lowest BCUT2D eigenvalue weighted by molar-refractivity contribution is -0.143. The predicted molar refractivity (Wildman–Crippen MR) is 343 cm³/mol. The van der Waals surface area contributed by atoms with Crippen LogP contribution in [0.5, 0.6) is 5.75 Å². The molecule has 3 aromatic carbocycles. The van der Waals surface area contributed by atoms with Crippen molar-refractivity contribution in [3.8, 4) is 5.75 Å². The number of fused-ring (bicyclic) bond motifs is 1. The van der Waals surface area contributed by atoms with E-state index in [0.29, 0.717) is 36.0 Å². The van der Waals surface area contributed by atoms with Crippen molar-refractivity contribution in [3.05, 3.63) is 102 Å². The molecule has 0 radical (unpaired) electrons. The molecule has 2 heterocycles. The first-order chi connectivity index (χ1) is 43.0. The molecule has 19 N–H and O–H groups in total. The van der Waals surface area contributed by atoms with Gasteiger partial charge in [-0.3, -0.25) is 57.7 Å². The highest BCUT2D eigenvalue weighted by Crippen LogP contribution is 2.21. The maximum atomic E-state index is 15.1. The second-order valence-electron chi connectivity index (χ2n) is 22.0. The maximum Gasteiger partial charge on any atom is 0.245 e. The molecular formula is C60H84N16O12S2. The fraction of sp³-hybridized carbons (Fsp3) is 0.467. The third kappa shape index (κ3) is 23.2. The van der Waals surface area contributed by atoms with E-state index in [-0.39, 0.29) is 80.6 Å². The van der Waals surface area contributed by atoms with Crippen molar-refractivity contribution >= 4 is 106 Å². The SMILES string of the molecule is CC(C)[C@@H]1NC(=O)[C@H](CCCCN)NC(=O)[C@@H](Cc2c[nH]c3ccccc23)NC(=O)[C@H](Cc2ccc(O)cc2)NC(=O)[C@H](Cc2ccccc2)N(C)C(=O)[C@H](CCSCC(=O)NCC(=O)NCC(=O)N[C@H](CS)C(=O)N[C@@H](CCCN=C(N)N)C(N)=O)NC1=O. The minimum Gasteiger partial charge on any atom is -0.508 e. The summed E-state index contributed by atoms with van der Waals surface area (Å²) in [4.78, 5) is 161. The molecule has 0 bridgehead atoms. The Morgan fingerprint density at radius 2 is 1.28 bits per heavy atom. The van der Waals surface area contributed by atoms with E-state index < -0.39 is 132 Å². The van der Waals surface area contributed by atoms with Crippen molar-refractivity contribution in [2.45, 2.75) is 120 Å². The van der Waals surface area contributed by atoms with Crippen molar-refractivity contribution in [1.82, 2.24) is 57.7 Å². The Hall–Kier alpha value is -8.90. The van der Waals surface area contributed by atoms with E-state index in [4.69, 9.17) is 22.9 Å². The summed E-state index contributed by atoms with van der Waals surface area (Å²) in [6.07, 6.45) is 2.67. The van der Waals surface area contributed by atoms with Crippen LogP contribution in [0.1, 0.15) is 69.1 Å². The number of hydrogen-bond acceptors (Lipinski definition) is 16. The lowest BCUT2D eigenvalue weighted by atomic mass is 9.98. The molecule has 5 rings (SSSR count). The number of thioether (sulfide) groups is 1. The second kappa shape index (κ2) is 36.5. The molecule has 11 amide bonds. The number of unbranched alkanes of at least 4 members (excludes halogenated alkanes) is 1. The first-order valence-electron chi connectivity index (χ1n) is 29.5. The fourth-order valence-corrected chi connectivity index (χ4v) is 10.8. The van der Waals surface area contributed by atoms with Crippen LogP contribution in [0.15, 0.2) is 90.1 Å². The number of para-hydroxylation sites is 1. The van der Waals surface area contributed by atoms with E-state index in [1.807, 2.05) is 24.3 Å². The Morgan fingerprint density at radius 3 is 1.94 bits per heavy atom. The molecule has 0 saturated carbocycles. The van der Waals surface area contributed by atoms with E-state index in [1.165, 1.54) is 24.1 Å². The Morgan fingerprint density at radius 1 is 0.667 bits per heavy atom. The summed E-state index contributed by atoms with van der Waals surface area (Å²) in [5.41, 5.74) is 24.5. The third-order valence-corrected chi connectivity index (χ3v) is 16.0. The number of H-pyrrole nitrogens is 1. The number of carbonyl (C=O) groups is 11. The van der Waals surface area contributed by atoms with Crippen LogP contribution in [0.3, 0.4) is 0 Å². The zero-order valence-corrected chi connectivity index (χ0v) is 52.3. The number of phenols is 1. The normalized spacial score (nSPS) is 19.3. The number of aromatic amines is 1. The number of amides is 11. The predicted octanol–water partition coefficient (Wildman–Crippen LogP) is -2.26. The van der Waals surface area contributed by atoms with E-state index in [1.54, 1.807) is 62.5 Å². The number of aliphatic imine (C=N–C) groups is 1. The van der Waals surface area contributed by atoms with Crippen molar-refractivity contribution in [2.75, 3.05) is 50.5 Å². The van der Waals surface area contributed by atoms with E-state index in [9.17, 15) is 48.3 Å². The minimum absolute atomic E-state index is 0.0421. The topological polar surface area (TPSA) is 452 Å². The summed E-state index contributed by atoms with van der Waals surface area (Å²) >= 11 is 5.16. The molecule has 8 atom stereocenters. The van der Waals surface area contributed by atoms with Gasteiger partial charge < -0.3 is 85.8 Å². The smallest absolute Gasteiger partial charge is 0.245 e. The molecule has 0 unspecified atom stereocenters. The molecular weight excluding hydrogens is 1200 g/mol. The largest absolute Gasteiger partial charge is 0.508 e. The average molecular weight is 1290 g/mol. The number of nitrogens with zero attached hydrogens (tertiary/aromatic N) is 2. The van der Waals surface area contributed by atoms with Crippen LogP contribution in [0.2, 0.25) is 0 Å². The van der Waals surface area contributed by atoms with Gasteiger partial charge in [0.2, 0.25) is 65.0 Å². The number of aromatic hydroxyl groups is 1. The average Bonchev–Trinajstić information content (AvgIpc) is 1.54. The van der Waals surface area contributed by atoms with Crippen molar-refractivity contribution in [1.29, 1.82) is 0 Å². The Bertz CT molecular complexity index is 3150. The molecule has 1 aliphatic heterocycles. The number of carbonyl (C=O) groups excluding carboxylic acids is 11. The number of thiol groups is 1. The van der Waals surface area contributed by atoms with Gasteiger partial charge in [-0.15, -0.1) is 0 Å². The number of rotatable bonds is 29. The quantitative estimate of drug-likeness (QED) is 0.0118. The van der Waals surface area contributed by atoms with Crippen LogP contribution in [-0.4, -0.2) is 185 Å². The first-order valence-corrected chi connectivity index (χ1v) is 31.3. The van der Waals surface area contributed by atoms with Crippen LogP contribution in [0.4, 0.5) is 0 Å². The summed E-state index contributed by atoms with van der Waals surface area (Å²) < 4.78 is 0. The number of nitrogens with two attached hydrogens (primary N) is 4. The van der Waals surface area contributed by atoms with Gasteiger partial charge in [-0.2, -0.15) is 24.4 Å². The number of hydrogen-bond donors (Lipinski definition) is 16. The van der Waals surface area contributed by atoms with Crippen LogP contribution in [0.25, 0.3) is 10.9 Å². The van der Waals surface area contributed by atoms with Gasteiger partial charge in [0.05, 0.1) is 18.8 Å². The standard InChI is InChI=1S/C60H84N16O12S2/c1-34(2)51-58(87)72-43(22-25-90-33-50(80)68-30-48(78)67-31-49(79)69-46(32-89)56(85)70-41(52(62)81)17-11-24-65-60(63)64)59(88)76(3)47(27-35-12-5-4-6-13-35)57(86)74-44(26-36-18-20-38(77)21-19-36)54(83)73-45(28-37-29-66-40-15-8-7-14-39(37)40)55(84)71-42(53(82)75-51)16-9-10-23-61/h4-8,12-15,18-21,29,34,41-47,51,66,77,89H,9-11,16-17,22-28,30-33,61H2,1-3H3,(H2,62,81)(H,67,78)(H,68,80)(H,69,79)(H,70,85)(H,71,84)(H,72,87)(H,73,83)(H,74,86)(H,75,82)(H4,63,64,65)/t41-,42-,43-,44-,45+,46+,47-,51-/m0/s1. The van der Waals surface area contributed by atoms with Gasteiger partial charge in [0.1, 0.15) is 54.1 Å². The number of nitrogens with one attached hydrogen (secondary N) is 10. The maximum absolute atomic E-state index is 15.1. The monoisotopic (exact) mass is 1280 g/mol. The number of aromatic nitrogens is 1. The highest BCUT2D eigenvalue weighted by molar-refractivity contribution is 7.99. The Kier molecular flexibility index (Phi) is 29.2. The molecule has 30 heteroatoms. The zero-order valence-electron chi connectivity index (χ0n) is 50.6. The Labute approximate surface area is 531 Å². The summed E-state index contributed by atoms with van der Waals surface area (Å²) in [5.74, 6) is -9.44. The molecule has 0 aliphatic carbocycles. The zero-order chi connectivity index (χ0) is 65.9. The molecule has 1 fully saturated rings. The van der Waals surface area contributed by atoms with Gasteiger partial charge in [-0.05, 0) is 91.6 Å². The lowest BCUT2D eigenvalue weighted by Gasteiger charge is -2.34. The summed E-state index contributed by atoms with van der Waals surface area (Å²) in [5, 5.41) is 34.7. The summed E-state index contributed by atoms with van der Waals surface area (Å²) in [7, 11) is 1.38. The van der Waals surface area contributed by atoms with Gasteiger partial charge >= 0.3 is 0 Å². The fourth-order valence-electron chi connectivity index (χ4n) is 9.67. The minimum atomic E-state index is -1.40. The van der Waals surface area contributed by atoms with Crippen LogP contribution in [0, 0.1) is 5.92 Å². The van der Waals surface area contributed by atoms with Crippen molar-refractivity contribution in [2.24, 2.45) is 33.8 Å². The second-order valence-corrected chi connectivity index (χ2v) is 23.4. The molecule has 28 nitrogen and oxygen atoms in total. The molecule has 90 heavy (non-hydrogen) atoms. The number of phenolic OH excluding ortho intramolecular Hbond substituents is 1. The molecule has 1 aromatic heterocycles. The molecule has 488 valence electrons. The highest BCUT2D eigenvalue weighted by Gasteiger charge is 2.38. The van der Waals surface area contributed by atoms with Crippen LogP contribution >= 0.6 is 24.4 Å². The van der Waals surface area contributed by atoms with Gasteiger partial charge in [0.15, 0.2) is 5.96 Å². The first kappa shape index (κ1) is 71.8. The number of benzene rings is 3. The molecule has 1 aliphatic rings. The number of guanidine groups is 1. The lowest BCUT2D eigenvalue weighted by Crippen LogP contribution is -2.62. The highest BCUT2D eigenvalue weighted by atomic mass is 32.2. The van der Waals surface area contributed by atoms with Crippen LogP contribution < -0.4 is 70.8 Å². The molecule has 0 spiro atoms. The van der Waals surface area contributed by atoms with E-state index in [0.717, 1.165) is 22.7 Å². The Balaban J connectivity index is 1.36. The van der Waals surface area contributed by atoms with E-state index >= 15 is 9.59 Å². The van der Waals surface area contributed by atoms with Gasteiger partial charge in [-0.25, -0.2) is 0 Å². The van der Waals surface area contributed by atoms with Gasteiger partial charge in [0.25, 0.3) is 0 Å². The molecule has 4 aromatic rings. The van der Waals surface area contributed by atoms with Crippen LogP contribution in [-0.2, 0) is 72.0 Å². The number of likely N-dealkylation sites (N-methyl/N-ethyl adjacent to an activating group) is 1. The van der Waals surface area contributed by atoms with Gasteiger partial charge in [0, 0.05) is 55.7 Å². The summed E-state index contributed by atoms with van der Waals surface area (Å²) in [6.45, 7) is 2.66. The van der Waals surface area contributed by atoms with Gasteiger partial charge in [-0.1, -0.05) is 74.5 Å². The summed E-state index contributed by atoms with van der Waals surface area (Å²) in [6, 6.07) is 11.8.